The highest BCUT2D eigenvalue weighted by Crippen LogP contribution is 2.22. The van der Waals surface area contributed by atoms with E-state index in [-0.39, 0.29) is 12.5 Å². The largest absolute Gasteiger partial charge is 0.395 e. The molecular formula is C14H21N3O2S. The Balaban J connectivity index is 2.39. The molecule has 0 bridgehead atoms. The Morgan fingerprint density at radius 2 is 2.30 bits per heavy atom. The van der Waals surface area contributed by atoms with Crippen LogP contribution >= 0.6 is 11.3 Å². The van der Waals surface area contributed by atoms with Crippen molar-refractivity contribution in [3.05, 3.63) is 17.0 Å². The van der Waals surface area contributed by atoms with E-state index >= 15 is 0 Å². The van der Waals surface area contributed by atoms with Gasteiger partial charge < -0.3 is 15.3 Å². The summed E-state index contributed by atoms with van der Waals surface area (Å²) in [5, 5.41) is 23.0. The van der Waals surface area contributed by atoms with Gasteiger partial charge in [0.2, 0.25) is 5.91 Å². The number of carbonyl (C=O) groups excluding carboxylic acids is 1. The van der Waals surface area contributed by atoms with Crippen molar-refractivity contribution in [3.8, 4) is 6.07 Å². The summed E-state index contributed by atoms with van der Waals surface area (Å²) in [4.78, 5) is 13.9. The van der Waals surface area contributed by atoms with Crippen LogP contribution in [0.4, 0.5) is 5.00 Å². The zero-order chi connectivity index (χ0) is 14.8. The zero-order valence-corrected chi connectivity index (χ0v) is 12.6. The quantitative estimate of drug-likeness (QED) is 0.731. The minimum Gasteiger partial charge on any atom is -0.395 e. The molecule has 0 radical (unpaired) electrons. The van der Waals surface area contributed by atoms with Crippen molar-refractivity contribution in [2.24, 2.45) is 0 Å². The van der Waals surface area contributed by atoms with Gasteiger partial charge in [-0.15, -0.1) is 11.3 Å². The molecule has 0 saturated heterocycles. The van der Waals surface area contributed by atoms with Gasteiger partial charge in [0.15, 0.2) is 0 Å². The van der Waals surface area contributed by atoms with E-state index in [4.69, 9.17) is 10.4 Å². The van der Waals surface area contributed by atoms with Gasteiger partial charge in [0, 0.05) is 19.5 Å². The van der Waals surface area contributed by atoms with Crippen molar-refractivity contribution in [1.82, 2.24) is 4.90 Å². The molecule has 0 spiro atoms. The fourth-order valence-corrected chi connectivity index (χ4v) is 2.56. The lowest BCUT2D eigenvalue weighted by molar-refractivity contribution is -0.116. The van der Waals surface area contributed by atoms with E-state index in [0.717, 1.165) is 19.4 Å². The standard InChI is InChI=1S/C14H21N3O2S/c1-2-3-6-17(8-9-18)7-4-13(19)16-14-12(11-15)5-10-20-14/h5,10,18H,2-4,6-9H2,1H3,(H,16,19). The molecule has 1 heterocycles. The van der Waals surface area contributed by atoms with Crippen LogP contribution in [0.25, 0.3) is 0 Å². The third-order valence-corrected chi connectivity index (χ3v) is 3.77. The number of aliphatic hydroxyl groups is 1. The number of rotatable bonds is 9. The molecule has 1 amide bonds. The molecule has 0 aliphatic heterocycles. The van der Waals surface area contributed by atoms with Crippen LogP contribution in [0.15, 0.2) is 11.4 Å². The Labute approximate surface area is 123 Å². The summed E-state index contributed by atoms with van der Waals surface area (Å²) >= 11 is 1.35. The van der Waals surface area contributed by atoms with E-state index in [1.165, 1.54) is 11.3 Å². The Kier molecular flexibility index (Phi) is 7.88. The lowest BCUT2D eigenvalue weighted by Crippen LogP contribution is -2.31. The van der Waals surface area contributed by atoms with Crippen molar-refractivity contribution in [2.75, 3.05) is 31.6 Å². The van der Waals surface area contributed by atoms with Crippen molar-refractivity contribution < 1.29 is 9.90 Å². The minimum absolute atomic E-state index is 0.0941. The number of nitrogens with one attached hydrogen (secondary N) is 1. The van der Waals surface area contributed by atoms with Crippen LogP contribution in [0.5, 0.6) is 0 Å². The molecule has 2 N–H and O–H groups in total. The first-order chi connectivity index (χ1) is 9.71. The maximum atomic E-state index is 11.9. The average molecular weight is 295 g/mol. The third-order valence-electron chi connectivity index (χ3n) is 2.94. The van der Waals surface area contributed by atoms with Crippen LogP contribution < -0.4 is 5.32 Å². The van der Waals surface area contributed by atoms with Crippen LogP contribution in [0.3, 0.4) is 0 Å². The first-order valence-corrected chi connectivity index (χ1v) is 7.69. The van der Waals surface area contributed by atoms with E-state index in [9.17, 15) is 4.79 Å². The van der Waals surface area contributed by atoms with Gasteiger partial charge in [0.1, 0.15) is 11.1 Å². The molecule has 1 aromatic heterocycles. The predicted octanol–water partition coefficient (Wildman–Crippen LogP) is 2.04. The molecule has 0 atom stereocenters. The second-order valence-electron chi connectivity index (χ2n) is 4.49. The van der Waals surface area contributed by atoms with Gasteiger partial charge in [-0.25, -0.2) is 0 Å². The van der Waals surface area contributed by atoms with Gasteiger partial charge in [-0.05, 0) is 24.4 Å². The van der Waals surface area contributed by atoms with Crippen molar-refractivity contribution in [1.29, 1.82) is 5.26 Å². The average Bonchev–Trinajstić information content (AvgIpc) is 2.89. The number of hydrogen-bond donors (Lipinski definition) is 2. The summed E-state index contributed by atoms with van der Waals surface area (Å²) in [6.45, 7) is 4.33. The van der Waals surface area contributed by atoms with Gasteiger partial charge in [-0.3, -0.25) is 4.79 Å². The molecule has 5 nitrogen and oxygen atoms in total. The van der Waals surface area contributed by atoms with Gasteiger partial charge in [0.05, 0.1) is 12.2 Å². The Hall–Kier alpha value is -1.42. The zero-order valence-electron chi connectivity index (χ0n) is 11.8. The molecule has 20 heavy (non-hydrogen) atoms. The maximum absolute atomic E-state index is 11.9. The molecule has 0 aliphatic carbocycles. The molecule has 0 aliphatic rings. The summed E-state index contributed by atoms with van der Waals surface area (Å²) in [5.41, 5.74) is 0.501. The first-order valence-electron chi connectivity index (χ1n) is 6.82. The van der Waals surface area contributed by atoms with Crippen molar-refractivity contribution in [3.63, 3.8) is 0 Å². The molecule has 0 fully saturated rings. The summed E-state index contributed by atoms with van der Waals surface area (Å²) < 4.78 is 0. The van der Waals surface area contributed by atoms with E-state index in [0.29, 0.717) is 30.1 Å². The van der Waals surface area contributed by atoms with Crippen LogP contribution in [0, 0.1) is 11.3 Å². The summed E-state index contributed by atoms with van der Waals surface area (Å²) in [6.07, 6.45) is 2.52. The molecule has 1 rings (SSSR count). The second-order valence-corrected chi connectivity index (χ2v) is 5.41. The number of amides is 1. The lowest BCUT2D eigenvalue weighted by Gasteiger charge is -2.20. The molecule has 0 saturated carbocycles. The Morgan fingerprint density at radius 1 is 1.50 bits per heavy atom. The van der Waals surface area contributed by atoms with Gasteiger partial charge in [-0.2, -0.15) is 5.26 Å². The molecular weight excluding hydrogens is 274 g/mol. The smallest absolute Gasteiger partial charge is 0.226 e. The number of nitriles is 1. The highest BCUT2D eigenvalue weighted by molar-refractivity contribution is 7.14. The third kappa shape index (κ3) is 5.70. The van der Waals surface area contributed by atoms with E-state index in [1.54, 1.807) is 11.4 Å². The molecule has 110 valence electrons. The van der Waals surface area contributed by atoms with Crippen LogP contribution in [0.1, 0.15) is 31.7 Å². The highest BCUT2D eigenvalue weighted by atomic mass is 32.1. The summed E-state index contributed by atoms with van der Waals surface area (Å²) in [7, 11) is 0. The van der Waals surface area contributed by atoms with Crippen molar-refractivity contribution in [2.45, 2.75) is 26.2 Å². The Morgan fingerprint density at radius 3 is 2.95 bits per heavy atom. The van der Waals surface area contributed by atoms with Crippen LogP contribution in [0.2, 0.25) is 0 Å². The normalized spacial score (nSPS) is 10.5. The number of nitrogens with zero attached hydrogens (tertiary/aromatic N) is 2. The maximum Gasteiger partial charge on any atom is 0.226 e. The first kappa shape index (κ1) is 16.6. The van der Waals surface area contributed by atoms with Gasteiger partial charge in [0.25, 0.3) is 0 Å². The minimum atomic E-state index is -0.0941. The summed E-state index contributed by atoms with van der Waals surface area (Å²) in [5.74, 6) is -0.0941. The van der Waals surface area contributed by atoms with E-state index in [1.807, 2.05) is 6.07 Å². The fraction of sp³-hybridized carbons (Fsp3) is 0.571. The number of aliphatic hydroxyl groups excluding tert-OH is 1. The SMILES string of the molecule is CCCCN(CCO)CCC(=O)Nc1sccc1C#N. The fourth-order valence-electron chi connectivity index (χ4n) is 1.80. The highest BCUT2D eigenvalue weighted by Gasteiger charge is 2.10. The van der Waals surface area contributed by atoms with E-state index in [2.05, 4.69) is 17.1 Å². The van der Waals surface area contributed by atoms with E-state index < -0.39 is 0 Å². The lowest BCUT2D eigenvalue weighted by atomic mass is 10.3. The Bertz CT molecular complexity index is 454. The topological polar surface area (TPSA) is 76.4 Å². The van der Waals surface area contributed by atoms with Crippen LogP contribution in [-0.2, 0) is 4.79 Å². The number of hydrogen-bond acceptors (Lipinski definition) is 5. The number of carbonyl (C=O) groups is 1. The van der Waals surface area contributed by atoms with Gasteiger partial charge >= 0.3 is 0 Å². The molecule has 0 unspecified atom stereocenters. The number of thiophene rings is 1. The molecule has 1 aromatic rings. The molecule has 6 heteroatoms. The monoisotopic (exact) mass is 295 g/mol. The number of unbranched alkanes of at least 4 members (excludes halogenated alkanes) is 1. The molecule has 0 aromatic carbocycles. The van der Waals surface area contributed by atoms with Gasteiger partial charge in [-0.1, -0.05) is 13.3 Å². The van der Waals surface area contributed by atoms with Crippen molar-refractivity contribution >= 4 is 22.2 Å². The predicted molar refractivity (Wildman–Crippen MR) is 80.7 cm³/mol. The number of anilines is 1. The second kappa shape index (κ2) is 9.48. The van der Waals surface area contributed by atoms with Crippen LogP contribution in [-0.4, -0.2) is 42.2 Å². The summed E-state index contributed by atoms with van der Waals surface area (Å²) in [6, 6.07) is 3.74.